The smallest absolute Gasteiger partial charge is 0.271 e. The molecule has 0 heterocycles. The van der Waals surface area contributed by atoms with Gasteiger partial charge in [-0.2, -0.15) is 5.10 Å². The molecule has 0 bridgehead atoms. The molecular formula is C20H22Br2N2O4. The van der Waals surface area contributed by atoms with Gasteiger partial charge in [-0.25, -0.2) is 5.43 Å². The second-order valence-electron chi connectivity index (χ2n) is 5.66. The summed E-state index contributed by atoms with van der Waals surface area (Å²) in [6.45, 7) is 5.07. The third-order valence-corrected chi connectivity index (χ3v) is 4.75. The number of carbonyl (C=O) groups excluding carboxylic acids is 1. The van der Waals surface area contributed by atoms with E-state index in [2.05, 4.69) is 42.4 Å². The molecular weight excluding hydrogens is 492 g/mol. The zero-order chi connectivity index (χ0) is 20.5. The van der Waals surface area contributed by atoms with Crippen LogP contribution in [0.15, 0.2) is 44.4 Å². The van der Waals surface area contributed by atoms with Crippen molar-refractivity contribution in [3.8, 4) is 17.2 Å². The van der Waals surface area contributed by atoms with E-state index in [-0.39, 0.29) is 5.91 Å². The van der Waals surface area contributed by atoms with Crippen molar-refractivity contribution in [1.29, 1.82) is 0 Å². The van der Waals surface area contributed by atoms with Crippen LogP contribution in [0.5, 0.6) is 17.2 Å². The van der Waals surface area contributed by atoms with Gasteiger partial charge in [0.2, 0.25) is 0 Å². The summed E-state index contributed by atoms with van der Waals surface area (Å²) in [7, 11) is 1.53. The molecule has 0 aliphatic rings. The number of methoxy groups -OCH3 is 1. The summed E-state index contributed by atoms with van der Waals surface area (Å²) in [6.07, 6.45) is 2.48. The summed E-state index contributed by atoms with van der Waals surface area (Å²) in [5.41, 5.74) is 3.73. The van der Waals surface area contributed by atoms with E-state index in [9.17, 15) is 4.79 Å². The zero-order valence-electron chi connectivity index (χ0n) is 15.9. The van der Waals surface area contributed by atoms with Crippen molar-refractivity contribution in [3.63, 3.8) is 0 Å². The van der Waals surface area contributed by atoms with Gasteiger partial charge < -0.3 is 14.2 Å². The van der Waals surface area contributed by atoms with Gasteiger partial charge in [0, 0.05) is 5.56 Å². The lowest BCUT2D eigenvalue weighted by Crippen LogP contribution is -2.17. The molecule has 2 aromatic rings. The number of benzene rings is 2. The lowest BCUT2D eigenvalue weighted by atomic mass is 10.2. The number of halogens is 2. The normalized spacial score (nSPS) is 10.8. The van der Waals surface area contributed by atoms with Crippen LogP contribution in [0, 0.1) is 0 Å². The third kappa shape index (κ3) is 5.97. The van der Waals surface area contributed by atoms with E-state index in [4.69, 9.17) is 14.2 Å². The Labute approximate surface area is 181 Å². The van der Waals surface area contributed by atoms with Gasteiger partial charge in [0.05, 0.1) is 35.5 Å². The van der Waals surface area contributed by atoms with E-state index >= 15 is 0 Å². The number of nitrogens with one attached hydrogen (secondary N) is 1. The molecule has 150 valence electrons. The third-order valence-electron chi connectivity index (χ3n) is 3.58. The van der Waals surface area contributed by atoms with E-state index < -0.39 is 0 Å². The van der Waals surface area contributed by atoms with Crippen molar-refractivity contribution in [2.45, 2.75) is 20.3 Å². The van der Waals surface area contributed by atoms with E-state index in [1.807, 2.05) is 26.0 Å². The average Bonchev–Trinajstić information content (AvgIpc) is 2.68. The molecule has 0 saturated heterocycles. The second kappa shape index (κ2) is 11.1. The fraction of sp³-hybridized carbons (Fsp3) is 0.300. The van der Waals surface area contributed by atoms with Gasteiger partial charge in [0.25, 0.3) is 5.91 Å². The van der Waals surface area contributed by atoms with E-state index in [0.29, 0.717) is 30.3 Å². The molecule has 0 spiro atoms. The van der Waals surface area contributed by atoms with Crippen molar-refractivity contribution in [2.24, 2.45) is 5.10 Å². The fourth-order valence-corrected chi connectivity index (χ4v) is 3.76. The van der Waals surface area contributed by atoms with Gasteiger partial charge in [0.15, 0.2) is 11.5 Å². The quantitative estimate of drug-likeness (QED) is 0.371. The van der Waals surface area contributed by atoms with Crippen LogP contribution < -0.4 is 19.6 Å². The Balaban J connectivity index is 2.07. The first kappa shape index (κ1) is 22.2. The molecule has 0 aliphatic heterocycles. The summed E-state index contributed by atoms with van der Waals surface area (Å²) in [5.74, 6) is 1.47. The van der Waals surface area contributed by atoms with E-state index in [1.54, 1.807) is 24.4 Å². The Morgan fingerprint density at radius 3 is 2.43 bits per heavy atom. The summed E-state index contributed by atoms with van der Waals surface area (Å²) < 4.78 is 18.0. The van der Waals surface area contributed by atoms with Crippen LogP contribution in [0.2, 0.25) is 0 Å². The number of nitrogens with zero attached hydrogens (tertiary/aromatic N) is 1. The summed E-state index contributed by atoms with van der Waals surface area (Å²) in [6, 6.07) is 8.70. The number of carbonyl (C=O) groups is 1. The zero-order valence-corrected chi connectivity index (χ0v) is 19.1. The molecule has 1 N–H and O–H groups in total. The molecule has 0 radical (unpaired) electrons. The number of rotatable bonds is 9. The Morgan fingerprint density at radius 2 is 1.82 bits per heavy atom. The Bertz CT molecular complexity index is 833. The Kier molecular flexibility index (Phi) is 8.79. The number of amides is 1. The molecule has 2 rings (SSSR count). The predicted molar refractivity (Wildman–Crippen MR) is 117 cm³/mol. The van der Waals surface area contributed by atoms with Crippen LogP contribution in [0.25, 0.3) is 0 Å². The van der Waals surface area contributed by atoms with Gasteiger partial charge >= 0.3 is 0 Å². The number of hydrazone groups is 1. The number of hydrogen-bond donors (Lipinski definition) is 1. The molecule has 28 heavy (non-hydrogen) atoms. The minimum absolute atomic E-state index is 0.348. The minimum atomic E-state index is -0.348. The highest BCUT2D eigenvalue weighted by atomic mass is 79.9. The maximum Gasteiger partial charge on any atom is 0.271 e. The van der Waals surface area contributed by atoms with Crippen molar-refractivity contribution in [2.75, 3.05) is 20.3 Å². The predicted octanol–water partition coefficient (Wildman–Crippen LogP) is 5.17. The molecule has 0 atom stereocenters. The van der Waals surface area contributed by atoms with Gasteiger partial charge in [-0.05, 0) is 81.1 Å². The SMILES string of the molecule is CCCOc1c(Br)cc(/C=N/NC(=O)c2ccc(OCC)c(OC)c2)cc1Br. The molecule has 6 nitrogen and oxygen atoms in total. The second-order valence-corrected chi connectivity index (χ2v) is 7.37. The minimum Gasteiger partial charge on any atom is -0.493 e. The molecule has 0 fully saturated rings. The largest absolute Gasteiger partial charge is 0.493 e. The van der Waals surface area contributed by atoms with Crippen LogP contribution in [-0.4, -0.2) is 32.4 Å². The van der Waals surface area contributed by atoms with Crippen LogP contribution in [0.3, 0.4) is 0 Å². The molecule has 0 aromatic heterocycles. The van der Waals surface area contributed by atoms with E-state index in [1.165, 1.54) is 7.11 Å². The van der Waals surface area contributed by atoms with Gasteiger partial charge in [-0.1, -0.05) is 6.92 Å². The Morgan fingerprint density at radius 1 is 1.11 bits per heavy atom. The average molecular weight is 514 g/mol. The molecule has 0 unspecified atom stereocenters. The molecule has 0 saturated carbocycles. The summed E-state index contributed by atoms with van der Waals surface area (Å²) in [5, 5.41) is 4.03. The van der Waals surface area contributed by atoms with Crippen molar-refractivity contribution >= 4 is 44.0 Å². The number of hydrogen-bond acceptors (Lipinski definition) is 5. The number of ether oxygens (including phenoxy) is 3. The highest BCUT2D eigenvalue weighted by Crippen LogP contribution is 2.34. The first-order chi connectivity index (χ1) is 13.5. The van der Waals surface area contributed by atoms with Crippen molar-refractivity contribution < 1.29 is 19.0 Å². The van der Waals surface area contributed by atoms with Crippen molar-refractivity contribution in [1.82, 2.24) is 5.43 Å². The standard InChI is InChI=1S/C20H22Br2N2O4/c1-4-8-28-19-15(21)9-13(10-16(19)22)12-23-24-20(25)14-6-7-17(27-5-2)18(11-14)26-3/h6-7,9-12H,4-5,8H2,1-3H3,(H,24,25)/b23-12+. The fourth-order valence-electron chi connectivity index (χ4n) is 2.31. The highest BCUT2D eigenvalue weighted by molar-refractivity contribution is 9.11. The lowest BCUT2D eigenvalue weighted by molar-refractivity contribution is 0.0954. The van der Waals surface area contributed by atoms with E-state index in [0.717, 1.165) is 26.7 Å². The monoisotopic (exact) mass is 512 g/mol. The maximum absolute atomic E-state index is 12.3. The summed E-state index contributed by atoms with van der Waals surface area (Å²) >= 11 is 6.98. The highest BCUT2D eigenvalue weighted by Gasteiger charge is 2.11. The van der Waals surface area contributed by atoms with Crippen LogP contribution in [-0.2, 0) is 0 Å². The van der Waals surface area contributed by atoms with Gasteiger partial charge in [-0.3, -0.25) is 4.79 Å². The van der Waals surface area contributed by atoms with Crippen LogP contribution in [0.1, 0.15) is 36.2 Å². The first-order valence-electron chi connectivity index (χ1n) is 8.76. The maximum atomic E-state index is 12.3. The lowest BCUT2D eigenvalue weighted by Gasteiger charge is -2.10. The topological polar surface area (TPSA) is 69.2 Å². The van der Waals surface area contributed by atoms with Gasteiger partial charge in [-0.15, -0.1) is 0 Å². The Hall–Kier alpha value is -2.06. The molecule has 0 aliphatic carbocycles. The van der Waals surface area contributed by atoms with Gasteiger partial charge in [0.1, 0.15) is 5.75 Å². The van der Waals surface area contributed by atoms with Crippen LogP contribution >= 0.6 is 31.9 Å². The van der Waals surface area contributed by atoms with Crippen LogP contribution in [0.4, 0.5) is 0 Å². The molecule has 8 heteroatoms. The molecule has 1 amide bonds. The first-order valence-corrected chi connectivity index (χ1v) is 10.3. The van der Waals surface area contributed by atoms with Crippen molar-refractivity contribution in [3.05, 3.63) is 50.4 Å². The summed E-state index contributed by atoms with van der Waals surface area (Å²) in [4.78, 5) is 12.3. The molecule has 2 aromatic carbocycles.